The monoisotopic (exact) mass is 261 g/mol. The van der Waals surface area contributed by atoms with Crippen molar-refractivity contribution in [2.75, 3.05) is 0 Å². The Labute approximate surface area is 115 Å². The molecule has 0 unspecified atom stereocenters. The minimum Gasteiger partial charge on any atom is -0.252 e. The first-order valence-electron chi connectivity index (χ1n) is 7.09. The summed E-state index contributed by atoms with van der Waals surface area (Å²) in [7, 11) is 0. The first-order chi connectivity index (χ1) is 9.00. The van der Waals surface area contributed by atoms with Crippen LogP contribution < -0.4 is 0 Å². The van der Waals surface area contributed by atoms with E-state index in [0.29, 0.717) is 11.3 Å². The van der Waals surface area contributed by atoms with Gasteiger partial charge in [0, 0.05) is 11.1 Å². The molecule has 0 aliphatic carbocycles. The van der Waals surface area contributed by atoms with Gasteiger partial charge in [0.25, 0.3) is 0 Å². The van der Waals surface area contributed by atoms with Crippen LogP contribution in [-0.2, 0) is 0 Å². The lowest BCUT2D eigenvalue weighted by atomic mass is 9.99. The van der Waals surface area contributed by atoms with Crippen molar-refractivity contribution in [1.82, 2.24) is 4.98 Å². The highest BCUT2D eigenvalue weighted by Gasteiger charge is 2.11. The Balaban J connectivity index is 0.000000861. The SMILES string of the molecule is CC.CC(C)c1ccc2c(F)c(C(C)C)ccc2n1. The lowest BCUT2D eigenvalue weighted by molar-refractivity contribution is 0.609. The van der Waals surface area contributed by atoms with Crippen LogP contribution in [-0.4, -0.2) is 4.98 Å². The number of hydrogen-bond donors (Lipinski definition) is 0. The van der Waals surface area contributed by atoms with Crippen molar-refractivity contribution in [3.8, 4) is 0 Å². The topological polar surface area (TPSA) is 12.9 Å². The van der Waals surface area contributed by atoms with Gasteiger partial charge < -0.3 is 0 Å². The third kappa shape index (κ3) is 3.31. The molecule has 1 aromatic heterocycles. The van der Waals surface area contributed by atoms with Crippen LogP contribution >= 0.6 is 0 Å². The van der Waals surface area contributed by atoms with Gasteiger partial charge in [0.15, 0.2) is 0 Å². The molecule has 0 N–H and O–H groups in total. The molecule has 1 nitrogen and oxygen atoms in total. The number of pyridine rings is 1. The quantitative estimate of drug-likeness (QED) is 0.681. The fourth-order valence-electron chi connectivity index (χ4n) is 1.97. The van der Waals surface area contributed by atoms with Crippen molar-refractivity contribution in [3.05, 3.63) is 41.3 Å². The number of nitrogens with zero attached hydrogens (tertiary/aromatic N) is 1. The van der Waals surface area contributed by atoms with Gasteiger partial charge in [-0.2, -0.15) is 0 Å². The summed E-state index contributed by atoms with van der Waals surface area (Å²) in [5.74, 6) is 0.441. The summed E-state index contributed by atoms with van der Waals surface area (Å²) in [6.45, 7) is 12.2. The maximum absolute atomic E-state index is 14.2. The second-order valence-electron chi connectivity index (χ2n) is 5.08. The number of fused-ring (bicyclic) bond motifs is 1. The molecule has 0 bridgehead atoms. The van der Waals surface area contributed by atoms with Crippen LogP contribution in [0.25, 0.3) is 10.9 Å². The van der Waals surface area contributed by atoms with Gasteiger partial charge in [-0.3, -0.25) is 4.98 Å². The summed E-state index contributed by atoms with van der Waals surface area (Å²) in [4.78, 5) is 4.50. The average Bonchev–Trinajstić information content (AvgIpc) is 2.40. The predicted octanol–water partition coefficient (Wildman–Crippen LogP) is 5.65. The number of benzene rings is 1. The highest BCUT2D eigenvalue weighted by molar-refractivity contribution is 5.80. The van der Waals surface area contributed by atoms with Crippen LogP contribution in [0.3, 0.4) is 0 Å². The van der Waals surface area contributed by atoms with E-state index in [9.17, 15) is 4.39 Å². The molecule has 0 saturated heterocycles. The molecule has 0 fully saturated rings. The summed E-state index contributed by atoms with van der Waals surface area (Å²) in [6, 6.07) is 7.53. The Hall–Kier alpha value is -1.44. The van der Waals surface area contributed by atoms with Gasteiger partial charge in [0.1, 0.15) is 5.82 Å². The highest BCUT2D eigenvalue weighted by Crippen LogP contribution is 2.26. The molecule has 2 rings (SSSR count). The molecule has 0 atom stereocenters. The molecule has 1 heterocycles. The van der Waals surface area contributed by atoms with Gasteiger partial charge in [0.05, 0.1) is 5.52 Å². The third-order valence-corrected chi connectivity index (χ3v) is 3.07. The minimum absolute atomic E-state index is 0.125. The molecule has 0 aliphatic rings. The summed E-state index contributed by atoms with van der Waals surface area (Å²) in [6.07, 6.45) is 0. The molecule has 0 radical (unpaired) electrons. The zero-order valence-electron chi connectivity index (χ0n) is 12.8. The summed E-state index contributed by atoms with van der Waals surface area (Å²) in [5, 5.41) is 0.626. The standard InChI is InChI=1S/C15H18FN.C2H6/c1-9(2)11-5-8-14-12(15(11)16)6-7-13(17-14)10(3)4;1-2/h5-10H,1-4H3;1-2H3. The Kier molecular flexibility index (Phi) is 5.46. The van der Waals surface area contributed by atoms with Crippen LogP contribution in [0.2, 0.25) is 0 Å². The van der Waals surface area contributed by atoms with Crippen molar-refractivity contribution in [2.45, 2.75) is 53.4 Å². The fraction of sp³-hybridized carbons (Fsp3) is 0.471. The van der Waals surface area contributed by atoms with E-state index in [1.807, 2.05) is 52.0 Å². The minimum atomic E-state index is -0.125. The van der Waals surface area contributed by atoms with Crippen molar-refractivity contribution < 1.29 is 4.39 Å². The van der Waals surface area contributed by atoms with E-state index in [0.717, 1.165) is 16.8 Å². The lowest BCUT2D eigenvalue weighted by Gasteiger charge is -2.11. The molecular weight excluding hydrogens is 237 g/mol. The second-order valence-corrected chi connectivity index (χ2v) is 5.08. The fourth-order valence-corrected chi connectivity index (χ4v) is 1.97. The van der Waals surface area contributed by atoms with E-state index < -0.39 is 0 Å². The Morgan fingerprint density at radius 2 is 1.53 bits per heavy atom. The van der Waals surface area contributed by atoms with Crippen LogP contribution in [0.1, 0.15) is 64.6 Å². The largest absolute Gasteiger partial charge is 0.252 e. The molecular formula is C17H24FN. The van der Waals surface area contributed by atoms with Crippen molar-refractivity contribution in [2.24, 2.45) is 0 Å². The van der Waals surface area contributed by atoms with Crippen molar-refractivity contribution in [1.29, 1.82) is 0 Å². The molecule has 19 heavy (non-hydrogen) atoms. The third-order valence-electron chi connectivity index (χ3n) is 3.07. The van der Waals surface area contributed by atoms with Crippen LogP contribution in [0.15, 0.2) is 24.3 Å². The second kappa shape index (κ2) is 6.65. The molecule has 0 amide bonds. The first kappa shape index (κ1) is 15.6. The van der Waals surface area contributed by atoms with Gasteiger partial charge in [-0.25, -0.2) is 4.39 Å². The highest BCUT2D eigenvalue weighted by atomic mass is 19.1. The molecule has 1 aromatic carbocycles. The van der Waals surface area contributed by atoms with E-state index in [1.165, 1.54) is 0 Å². The average molecular weight is 261 g/mol. The Morgan fingerprint density at radius 3 is 2.05 bits per heavy atom. The number of rotatable bonds is 2. The zero-order valence-corrected chi connectivity index (χ0v) is 12.8. The van der Waals surface area contributed by atoms with E-state index in [2.05, 4.69) is 18.8 Å². The Morgan fingerprint density at radius 1 is 0.895 bits per heavy atom. The van der Waals surface area contributed by atoms with Gasteiger partial charge in [-0.1, -0.05) is 47.6 Å². The molecule has 2 heteroatoms. The van der Waals surface area contributed by atoms with Gasteiger partial charge in [-0.05, 0) is 35.6 Å². The number of halogens is 1. The van der Waals surface area contributed by atoms with E-state index >= 15 is 0 Å². The number of hydrogen-bond acceptors (Lipinski definition) is 1. The van der Waals surface area contributed by atoms with Crippen LogP contribution in [0.4, 0.5) is 4.39 Å². The van der Waals surface area contributed by atoms with Gasteiger partial charge in [0.2, 0.25) is 0 Å². The maximum atomic E-state index is 14.2. The Bertz CT molecular complexity index is 544. The van der Waals surface area contributed by atoms with Crippen LogP contribution in [0, 0.1) is 5.82 Å². The first-order valence-corrected chi connectivity index (χ1v) is 7.09. The molecule has 0 spiro atoms. The van der Waals surface area contributed by atoms with Crippen LogP contribution in [0.5, 0.6) is 0 Å². The van der Waals surface area contributed by atoms with Gasteiger partial charge >= 0.3 is 0 Å². The normalized spacial score (nSPS) is 10.8. The predicted molar refractivity (Wildman–Crippen MR) is 81.2 cm³/mol. The van der Waals surface area contributed by atoms with E-state index in [1.54, 1.807) is 0 Å². The molecule has 104 valence electrons. The maximum Gasteiger partial charge on any atom is 0.136 e. The van der Waals surface area contributed by atoms with E-state index in [4.69, 9.17) is 0 Å². The lowest BCUT2D eigenvalue weighted by Crippen LogP contribution is -1.97. The van der Waals surface area contributed by atoms with E-state index in [-0.39, 0.29) is 11.7 Å². The summed E-state index contributed by atoms with van der Waals surface area (Å²) >= 11 is 0. The zero-order chi connectivity index (χ0) is 14.6. The van der Waals surface area contributed by atoms with Gasteiger partial charge in [-0.15, -0.1) is 0 Å². The molecule has 0 aliphatic heterocycles. The smallest absolute Gasteiger partial charge is 0.136 e. The summed E-state index contributed by atoms with van der Waals surface area (Å²) in [5.41, 5.74) is 2.52. The molecule has 0 saturated carbocycles. The van der Waals surface area contributed by atoms with Crippen molar-refractivity contribution >= 4 is 10.9 Å². The van der Waals surface area contributed by atoms with Crippen molar-refractivity contribution in [3.63, 3.8) is 0 Å². The number of aromatic nitrogens is 1. The summed E-state index contributed by atoms with van der Waals surface area (Å²) < 4.78 is 14.2. The molecule has 2 aromatic rings.